The first kappa shape index (κ1) is 22.7. The summed E-state index contributed by atoms with van der Waals surface area (Å²) in [6.45, 7) is 2.44. The molecule has 0 aliphatic carbocycles. The normalized spacial score (nSPS) is 11.0. The fraction of sp³-hybridized carbons (Fsp3) is 0.353. The van der Waals surface area contributed by atoms with Gasteiger partial charge >= 0.3 is 6.18 Å². The number of para-hydroxylation sites is 1. The van der Waals surface area contributed by atoms with Crippen molar-refractivity contribution in [1.29, 1.82) is 0 Å². The van der Waals surface area contributed by atoms with Gasteiger partial charge in [-0.25, -0.2) is 4.68 Å². The summed E-state index contributed by atoms with van der Waals surface area (Å²) in [4.78, 5) is 24.2. The van der Waals surface area contributed by atoms with Gasteiger partial charge in [-0.05, 0) is 39.1 Å². The van der Waals surface area contributed by atoms with Crippen molar-refractivity contribution in [1.82, 2.24) is 20.4 Å². The molecule has 0 fully saturated rings. The van der Waals surface area contributed by atoms with Crippen molar-refractivity contribution < 1.29 is 18.0 Å². The van der Waals surface area contributed by atoms with Crippen LogP contribution in [0.25, 0.3) is 5.69 Å². The Kier molecular flexibility index (Phi) is 7.98. The lowest BCUT2D eigenvalue weighted by atomic mass is 10.1. The SMILES string of the molecule is CNCCCNC(=O)c1nn(-c2ccccc2C(F)(F)F)c(C)cc1=O.Cl. The van der Waals surface area contributed by atoms with Gasteiger partial charge in [0.1, 0.15) is 0 Å². The Labute approximate surface area is 160 Å². The first-order valence-corrected chi connectivity index (χ1v) is 7.96. The Balaban J connectivity index is 0.00000364. The Hall–Kier alpha value is -2.39. The number of halogens is 4. The molecule has 1 aromatic carbocycles. The van der Waals surface area contributed by atoms with Crippen LogP contribution in [0.3, 0.4) is 0 Å². The van der Waals surface area contributed by atoms with Crippen molar-refractivity contribution in [3.63, 3.8) is 0 Å². The predicted octanol–water partition coefficient (Wildman–Crippen LogP) is 2.32. The number of carbonyl (C=O) groups is 1. The number of carbonyl (C=O) groups excluding carboxylic acids is 1. The molecule has 2 N–H and O–H groups in total. The molecule has 2 rings (SSSR count). The number of alkyl halides is 3. The van der Waals surface area contributed by atoms with Gasteiger partial charge in [-0.2, -0.15) is 18.3 Å². The number of hydrogen-bond acceptors (Lipinski definition) is 4. The zero-order chi connectivity index (χ0) is 19.3. The lowest BCUT2D eigenvalue weighted by Crippen LogP contribution is -2.33. The predicted molar refractivity (Wildman–Crippen MR) is 97.7 cm³/mol. The van der Waals surface area contributed by atoms with E-state index in [0.29, 0.717) is 19.5 Å². The number of rotatable bonds is 6. The van der Waals surface area contributed by atoms with E-state index in [4.69, 9.17) is 0 Å². The zero-order valence-electron chi connectivity index (χ0n) is 14.8. The molecule has 0 unspecified atom stereocenters. The highest BCUT2D eigenvalue weighted by Gasteiger charge is 2.34. The first-order valence-electron chi connectivity index (χ1n) is 7.96. The minimum absolute atomic E-state index is 0. The van der Waals surface area contributed by atoms with Crippen LogP contribution in [0, 0.1) is 6.92 Å². The van der Waals surface area contributed by atoms with Crippen LogP contribution in [-0.2, 0) is 6.18 Å². The van der Waals surface area contributed by atoms with Crippen LogP contribution in [0.5, 0.6) is 0 Å². The molecule has 27 heavy (non-hydrogen) atoms. The third-order valence-corrected chi connectivity index (χ3v) is 3.65. The van der Waals surface area contributed by atoms with Gasteiger partial charge < -0.3 is 10.6 Å². The average Bonchev–Trinajstić information content (AvgIpc) is 2.58. The van der Waals surface area contributed by atoms with Gasteiger partial charge in [-0.15, -0.1) is 12.4 Å². The van der Waals surface area contributed by atoms with Gasteiger partial charge in [0.05, 0.1) is 11.3 Å². The van der Waals surface area contributed by atoms with E-state index < -0.39 is 28.8 Å². The molecule has 10 heteroatoms. The van der Waals surface area contributed by atoms with Crippen molar-refractivity contribution in [2.24, 2.45) is 0 Å². The minimum atomic E-state index is -4.59. The molecule has 0 saturated heterocycles. The number of aryl methyl sites for hydroxylation is 1. The van der Waals surface area contributed by atoms with E-state index in [2.05, 4.69) is 15.7 Å². The van der Waals surface area contributed by atoms with Crippen LogP contribution in [0.15, 0.2) is 35.1 Å². The Morgan fingerprint density at radius 3 is 2.52 bits per heavy atom. The molecule has 0 aliphatic rings. The van der Waals surface area contributed by atoms with E-state index in [1.165, 1.54) is 25.1 Å². The molecule has 0 spiro atoms. The molecule has 1 aromatic heterocycles. The molecule has 6 nitrogen and oxygen atoms in total. The molecule has 1 amide bonds. The van der Waals surface area contributed by atoms with Crippen molar-refractivity contribution >= 4 is 18.3 Å². The van der Waals surface area contributed by atoms with E-state index in [-0.39, 0.29) is 23.8 Å². The smallest absolute Gasteiger partial charge is 0.350 e. The maximum atomic E-state index is 13.3. The van der Waals surface area contributed by atoms with Gasteiger partial charge in [-0.1, -0.05) is 12.1 Å². The second-order valence-corrected chi connectivity index (χ2v) is 5.64. The summed E-state index contributed by atoms with van der Waals surface area (Å²) in [5.74, 6) is -0.718. The van der Waals surface area contributed by atoms with Crippen LogP contribution < -0.4 is 16.1 Å². The summed E-state index contributed by atoms with van der Waals surface area (Å²) < 4.78 is 40.7. The number of aromatic nitrogens is 2. The summed E-state index contributed by atoms with van der Waals surface area (Å²) in [7, 11) is 1.76. The number of amides is 1. The van der Waals surface area contributed by atoms with Gasteiger partial charge in [0.15, 0.2) is 5.69 Å². The summed E-state index contributed by atoms with van der Waals surface area (Å²) in [6, 6.07) is 5.96. The van der Waals surface area contributed by atoms with Crippen LogP contribution in [0.1, 0.15) is 28.2 Å². The van der Waals surface area contributed by atoms with Crippen molar-refractivity contribution in [3.8, 4) is 5.69 Å². The Morgan fingerprint density at radius 1 is 1.22 bits per heavy atom. The average molecular weight is 405 g/mol. The third kappa shape index (κ3) is 5.54. The molecule has 1 heterocycles. The van der Waals surface area contributed by atoms with Crippen molar-refractivity contribution in [3.05, 3.63) is 57.5 Å². The fourth-order valence-corrected chi connectivity index (χ4v) is 2.40. The Bertz CT molecular complexity index is 853. The van der Waals surface area contributed by atoms with Gasteiger partial charge in [-0.3, -0.25) is 9.59 Å². The molecular formula is C17H20ClF3N4O2. The van der Waals surface area contributed by atoms with Crippen LogP contribution >= 0.6 is 12.4 Å². The van der Waals surface area contributed by atoms with Gasteiger partial charge in [0.2, 0.25) is 5.43 Å². The molecule has 2 aromatic rings. The molecule has 0 saturated carbocycles. The van der Waals surface area contributed by atoms with Crippen molar-refractivity contribution in [2.75, 3.05) is 20.1 Å². The lowest BCUT2D eigenvalue weighted by molar-refractivity contribution is -0.137. The monoisotopic (exact) mass is 404 g/mol. The minimum Gasteiger partial charge on any atom is -0.350 e. The summed E-state index contributed by atoms with van der Waals surface area (Å²) >= 11 is 0. The number of nitrogens with one attached hydrogen (secondary N) is 2. The highest BCUT2D eigenvalue weighted by atomic mass is 35.5. The second kappa shape index (κ2) is 9.52. The summed E-state index contributed by atoms with van der Waals surface area (Å²) in [6.07, 6.45) is -3.96. The lowest BCUT2D eigenvalue weighted by Gasteiger charge is -2.16. The first-order chi connectivity index (χ1) is 12.3. The summed E-state index contributed by atoms with van der Waals surface area (Å²) in [5.41, 5.74) is -2.05. The van der Waals surface area contributed by atoms with E-state index in [1.54, 1.807) is 7.05 Å². The molecule has 148 valence electrons. The van der Waals surface area contributed by atoms with Gasteiger partial charge in [0, 0.05) is 18.3 Å². The van der Waals surface area contributed by atoms with E-state index in [9.17, 15) is 22.8 Å². The molecule has 0 atom stereocenters. The highest BCUT2D eigenvalue weighted by molar-refractivity contribution is 5.92. The number of hydrogen-bond donors (Lipinski definition) is 2. The molecular weight excluding hydrogens is 385 g/mol. The molecule has 0 bridgehead atoms. The number of benzene rings is 1. The van der Waals surface area contributed by atoms with Crippen LogP contribution in [0.4, 0.5) is 13.2 Å². The largest absolute Gasteiger partial charge is 0.418 e. The maximum absolute atomic E-state index is 13.3. The van der Waals surface area contributed by atoms with E-state index in [1.807, 2.05) is 0 Å². The topological polar surface area (TPSA) is 76.0 Å². The zero-order valence-corrected chi connectivity index (χ0v) is 15.6. The number of nitrogens with zero attached hydrogens (tertiary/aromatic N) is 2. The third-order valence-electron chi connectivity index (χ3n) is 3.65. The van der Waals surface area contributed by atoms with Gasteiger partial charge in [0.25, 0.3) is 5.91 Å². The fourth-order valence-electron chi connectivity index (χ4n) is 2.40. The highest BCUT2D eigenvalue weighted by Crippen LogP contribution is 2.33. The van der Waals surface area contributed by atoms with Crippen molar-refractivity contribution in [2.45, 2.75) is 19.5 Å². The quantitative estimate of drug-likeness (QED) is 0.724. The second-order valence-electron chi connectivity index (χ2n) is 5.64. The van der Waals surface area contributed by atoms with Crippen LogP contribution in [0.2, 0.25) is 0 Å². The molecule has 0 aliphatic heterocycles. The van der Waals surface area contributed by atoms with E-state index >= 15 is 0 Å². The Morgan fingerprint density at radius 2 is 1.89 bits per heavy atom. The maximum Gasteiger partial charge on any atom is 0.418 e. The molecule has 0 radical (unpaired) electrons. The standard InChI is InChI=1S/C17H19F3N4O2.ClH/c1-11-10-14(25)15(16(26)22-9-5-8-21-2)23-24(11)13-7-4-3-6-12(13)17(18,19)20;/h3-4,6-7,10,21H,5,8-9H2,1-2H3,(H,22,26);1H. The summed E-state index contributed by atoms with van der Waals surface area (Å²) in [5, 5.41) is 9.34. The van der Waals surface area contributed by atoms with Crippen LogP contribution in [-0.4, -0.2) is 35.8 Å². The van der Waals surface area contributed by atoms with E-state index in [0.717, 1.165) is 16.8 Å².